The zero-order chi connectivity index (χ0) is 14.9. The maximum atomic E-state index is 12.7. The van der Waals surface area contributed by atoms with Gasteiger partial charge in [0.2, 0.25) is 5.91 Å². The minimum Gasteiger partial charge on any atom is -0.340 e. The Labute approximate surface area is 130 Å². The average Bonchev–Trinajstić information content (AvgIpc) is 2.88. The van der Waals surface area contributed by atoms with Crippen LogP contribution in [0.5, 0.6) is 0 Å². The number of hydrogen-bond donors (Lipinski definition) is 1. The van der Waals surface area contributed by atoms with E-state index in [0.717, 1.165) is 31.7 Å². The molecule has 122 valence electrons. The normalized spacial score (nSPS) is 21.4. The van der Waals surface area contributed by atoms with Gasteiger partial charge >= 0.3 is 0 Å². The van der Waals surface area contributed by atoms with E-state index in [1.807, 2.05) is 0 Å². The molecule has 0 aromatic rings. The van der Waals surface area contributed by atoms with Gasteiger partial charge in [-0.3, -0.25) is 4.79 Å². The fourth-order valence-electron chi connectivity index (χ4n) is 4.11. The van der Waals surface area contributed by atoms with Crippen molar-refractivity contribution in [2.45, 2.75) is 89.5 Å². The van der Waals surface area contributed by atoms with Gasteiger partial charge in [0.25, 0.3) is 0 Å². The molecule has 3 nitrogen and oxygen atoms in total. The molecule has 2 aliphatic carbocycles. The summed E-state index contributed by atoms with van der Waals surface area (Å²) in [7, 11) is 0. The Bertz CT molecular complexity index is 292. The summed E-state index contributed by atoms with van der Waals surface area (Å²) in [5.74, 6) is 1.22. The highest BCUT2D eigenvalue weighted by Gasteiger charge is 2.25. The lowest BCUT2D eigenvalue weighted by Crippen LogP contribution is -2.41. The van der Waals surface area contributed by atoms with Crippen molar-refractivity contribution in [3.63, 3.8) is 0 Å². The molecular weight excluding hydrogens is 260 g/mol. The lowest BCUT2D eigenvalue weighted by atomic mass is 10.00. The van der Waals surface area contributed by atoms with Crippen molar-refractivity contribution in [1.82, 2.24) is 4.90 Å². The van der Waals surface area contributed by atoms with Crippen molar-refractivity contribution in [1.29, 1.82) is 0 Å². The van der Waals surface area contributed by atoms with Crippen LogP contribution in [0.25, 0.3) is 0 Å². The quantitative estimate of drug-likeness (QED) is 0.725. The molecule has 0 spiro atoms. The first-order valence-corrected chi connectivity index (χ1v) is 9.31. The van der Waals surface area contributed by atoms with Crippen molar-refractivity contribution in [2.75, 3.05) is 13.1 Å². The van der Waals surface area contributed by atoms with Crippen molar-refractivity contribution < 1.29 is 4.79 Å². The summed E-state index contributed by atoms with van der Waals surface area (Å²) in [5.41, 5.74) is 5.67. The standard InChI is InChI=1S/C18H34N2O/c19-14-7-15-20(17-10-3-1-2-4-11-17)18(21)13-12-16-8-5-6-9-16/h16-17H,1-15,19H2. The van der Waals surface area contributed by atoms with E-state index in [2.05, 4.69) is 4.90 Å². The van der Waals surface area contributed by atoms with E-state index < -0.39 is 0 Å². The second kappa shape index (κ2) is 9.45. The lowest BCUT2D eigenvalue weighted by molar-refractivity contribution is -0.134. The van der Waals surface area contributed by atoms with E-state index in [1.165, 1.54) is 64.2 Å². The first-order valence-electron chi connectivity index (χ1n) is 9.31. The molecule has 0 saturated heterocycles. The second-order valence-corrected chi connectivity index (χ2v) is 7.06. The Hall–Kier alpha value is -0.570. The fraction of sp³-hybridized carbons (Fsp3) is 0.944. The van der Waals surface area contributed by atoms with Crippen LogP contribution in [0, 0.1) is 5.92 Å². The molecule has 1 amide bonds. The smallest absolute Gasteiger partial charge is 0.222 e. The first kappa shape index (κ1) is 16.8. The van der Waals surface area contributed by atoms with Crippen LogP contribution in [0.3, 0.4) is 0 Å². The molecule has 2 N–H and O–H groups in total. The number of carbonyl (C=O) groups excluding carboxylic acids is 1. The highest BCUT2D eigenvalue weighted by Crippen LogP contribution is 2.29. The van der Waals surface area contributed by atoms with Gasteiger partial charge in [-0.1, -0.05) is 51.4 Å². The summed E-state index contributed by atoms with van der Waals surface area (Å²) >= 11 is 0. The lowest BCUT2D eigenvalue weighted by Gasteiger charge is -2.32. The Morgan fingerprint density at radius 3 is 2.19 bits per heavy atom. The van der Waals surface area contributed by atoms with Crippen LogP contribution in [0.1, 0.15) is 83.5 Å². The van der Waals surface area contributed by atoms with Gasteiger partial charge in [0.1, 0.15) is 0 Å². The van der Waals surface area contributed by atoms with Gasteiger partial charge in [0, 0.05) is 19.0 Å². The number of carbonyl (C=O) groups is 1. The van der Waals surface area contributed by atoms with Gasteiger partial charge in [0.05, 0.1) is 0 Å². The fourth-order valence-corrected chi connectivity index (χ4v) is 4.11. The van der Waals surface area contributed by atoms with E-state index in [9.17, 15) is 4.79 Å². The molecule has 0 atom stereocenters. The van der Waals surface area contributed by atoms with Gasteiger partial charge in [0.15, 0.2) is 0 Å². The average molecular weight is 294 g/mol. The predicted molar refractivity (Wildman–Crippen MR) is 88.1 cm³/mol. The first-order chi connectivity index (χ1) is 10.3. The van der Waals surface area contributed by atoms with E-state index >= 15 is 0 Å². The number of nitrogens with two attached hydrogens (primary N) is 1. The highest BCUT2D eigenvalue weighted by atomic mass is 16.2. The molecule has 0 aromatic heterocycles. The Balaban J connectivity index is 1.84. The van der Waals surface area contributed by atoms with E-state index in [1.54, 1.807) is 0 Å². The third kappa shape index (κ3) is 5.61. The zero-order valence-electron chi connectivity index (χ0n) is 13.7. The molecule has 2 rings (SSSR count). The zero-order valence-corrected chi connectivity index (χ0v) is 13.7. The Kier molecular flexibility index (Phi) is 7.56. The SMILES string of the molecule is NCCCN(C(=O)CCC1CCCC1)C1CCCCCC1. The molecule has 2 aliphatic rings. The monoisotopic (exact) mass is 294 g/mol. The molecular formula is C18H34N2O. The van der Waals surface area contributed by atoms with Gasteiger partial charge in [-0.15, -0.1) is 0 Å². The molecule has 3 heteroatoms. The molecule has 0 unspecified atom stereocenters. The van der Waals surface area contributed by atoms with Crippen LogP contribution in [0.4, 0.5) is 0 Å². The summed E-state index contributed by atoms with van der Waals surface area (Å²) in [6.07, 6.45) is 16.0. The van der Waals surface area contributed by atoms with E-state index in [-0.39, 0.29) is 0 Å². The van der Waals surface area contributed by atoms with Crippen LogP contribution >= 0.6 is 0 Å². The predicted octanol–water partition coefficient (Wildman–Crippen LogP) is 3.86. The van der Waals surface area contributed by atoms with Crippen molar-refractivity contribution in [2.24, 2.45) is 11.7 Å². The molecule has 0 heterocycles. The van der Waals surface area contributed by atoms with Crippen LogP contribution in [0.15, 0.2) is 0 Å². The van der Waals surface area contributed by atoms with E-state index in [0.29, 0.717) is 18.5 Å². The maximum absolute atomic E-state index is 12.7. The number of hydrogen-bond acceptors (Lipinski definition) is 2. The van der Waals surface area contributed by atoms with Gasteiger partial charge in [-0.2, -0.15) is 0 Å². The summed E-state index contributed by atoms with van der Waals surface area (Å²) in [6, 6.07) is 0.495. The molecule has 2 saturated carbocycles. The second-order valence-electron chi connectivity index (χ2n) is 7.06. The summed E-state index contributed by atoms with van der Waals surface area (Å²) in [6.45, 7) is 1.57. The molecule has 21 heavy (non-hydrogen) atoms. The largest absolute Gasteiger partial charge is 0.340 e. The molecule has 0 radical (unpaired) electrons. The molecule has 0 aliphatic heterocycles. The van der Waals surface area contributed by atoms with Crippen molar-refractivity contribution in [3.05, 3.63) is 0 Å². The van der Waals surface area contributed by atoms with Gasteiger partial charge in [-0.05, 0) is 38.1 Å². The minimum absolute atomic E-state index is 0.405. The Morgan fingerprint density at radius 2 is 1.57 bits per heavy atom. The Morgan fingerprint density at radius 1 is 0.952 bits per heavy atom. The van der Waals surface area contributed by atoms with Gasteiger partial charge in [-0.25, -0.2) is 0 Å². The van der Waals surface area contributed by atoms with Crippen LogP contribution < -0.4 is 5.73 Å². The summed E-state index contributed by atoms with van der Waals surface area (Å²) < 4.78 is 0. The van der Waals surface area contributed by atoms with Crippen molar-refractivity contribution in [3.8, 4) is 0 Å². The van der Waals surface area contributed by atoms with Crippen molar-refractivity contribution >= 4 is 5.91 Å². The summed E-state index contributed by atoms with van der Waals surface area (Å²) in [4.78, 5) is 14.9. The molecule has 0 bridgehead atoms. The number of nitrogens with zero attached hydrogens (tertiary/aromatic N) is 1. The molecule has 2 fully saturated rings. The van der Waals surface area contributed by atoms with Crippen LogP contribution in [-0.4, -0.2) is 29.9 Å². The third-order valence-corrected chi connectivity index (χ3v) is 5.43. The van der Waals surface area contributed by atoms with Gasteiger partial charge < -0.3 is 10.6 Å². The number of amides is 1. The van der Waals surface area contributed by atoms with E-state index in [4.69, 9.17) is 5.73 Å². The minimum atomic E-state index is 0.405. The topological polar surface area (TPSA) is 46.3 Å². The summed E-state index contributed by atoms with van der Waals surface area (Å²) in [5, 5.41) is 0. The maximum Gasteiger partial charge on any atom is 0.222 e. The number of rotatable bonds is 7. The highest BCUT2D eigenvalue weighted by molar-refractivity contribution is 5.76. The van der Waals surface area contributed by atoms with Crippen LogP contribution in [-0.2, 0) is 4.79 Å². The van der Waals surface area contributed by atoms with Crippen LogP contribution in [0.2, 0.25) is 0 Å². The molecule has 0 aromatic carbocycles. The third-order valence-electron chi connectivity index (χ3n) is 5.43.